The average Bonchev–Trinajstić information content (AvgIpc) is 2.67. The minimum absolute atomic E-state index is 0.0139. The third kappa shape index (κ3) is 2.72. The van der Waals surface area contributed by atoms with Crippen LogP contribution in [-0.4, -0.2) is 29.3 Å². The molecule has 92 valence electrons. The van der Waals surface area contributed by atoms with Crippen molar-refractivity contribution >= 4 is 17.7 Å². The Hall–Kier alpha value is -1.65. The predicted molar refractivity (Wildman–Crippen MR) is 60.6 cm³/mol. The summed E-state index contributed by atoms with van der Waals surface area (Å²) in [4.78, 5) is 35.3. The van der Waals surface area contributed by atoms with Crippen LogP contribution >= 0.6 is 0 Å². The number of rotatable bonds is 3. The Labute approximate surface area is 99.8 Å². The summed E-state index contributed by atoms with van der Waals surface area (Å²) in [7, 11) is 0. The first-order chi connectivity index (χ1) is 8.18. The minimum Gasteiger partial charge on any atom is -0.338 e. The van der Waals surface area contributed by atoms with Gasteiger partial charge in [0.25, 0.3) is 11.8 Å². The van der Waals surface area contributed by atoms with Crippen molar-refractivity contribution in [3.8, 4) is 0 Å². The molecule has 0 aromatic rings. The molecule has 5 nitrogen and oxygen atoms in total. The fraction of sp³-hybridized carbons (Fsp3) is 0.583. The Morgan fingerprint density at radius 2 is 1.76 bits per heavy atom. The fourth-order valence-electron chi connectivity index (χ4n) is 2.25. The molecule has 0 spiro atoms. The Kier molecular flexibility index (Phi) is 3.56. The molecule has 0 atom stereocenters. The van der Waals surface area contributed by atoms with Crippen molar-refractivity contribution in [2.45, 2.75) is 32.1 Å². The van der Waals surface area contributed by atoms with Gasteiger partial charge in [-0.25, -0.2) is 0 Å². The quantitative estimate of drug-likeness (QED) is 0.728. The van der Waals surface area contributed by atoms with E-state index in [1.165, 1.54) is 18.6 Å². The molecule has 1 fully saturated rings. The van der Waals surface area contributed by atoms with Gasteiger partial charge in [-0.2, -0.15) is 0 Å². The van der Waals surface area contributed by atoms with Crippen molar-refractivity contribution in [2.75, 3.05) is 6.67 Å². The zero-order valence-electron chi connectivity index (χ0n) is 9.65. The van der Waals surface area contributed by atoms with Crippen LogP contribution in [0.4, 0.5) is 0 Å². The maximum Gasteiger partial charge on any atom is 0.255 e. The number of hydrogen-bond acceptors (Lipinski definition) is 3. The van der Waals surface area contributed by atoms with Gasteiger partial charge >= 0.3 is 0 Å². The highest BCUT2D eigenvalue weighted by Gasteiger charge is 2.25. The standard InChI is InChI=1S/C12H16N2O3/c15-10-6-7-11(16)14(10)8-13-12(17)9-4-2-1-3-5-9/h6-7,9H,1-5,8H2,(H,13,17). The number of imide groups is 1. The second kappa shape index (κ2) is 5.12. The minimum atomic E-state index is -0.362. The van der Waals surface area contributed by atoms with Crippen molar-refractivity contribution in [3.05, 3.63) is 12.2 Å². The molecule has 1 aliphatic carbocycles. The average molecular weight is 236 g/mol. The second-order valence-corrected chi connectivity index (χ2v) is 4.47. The maximum atomic E-state index is 11.8. The SMILES string of the molecule is O=C(NCN1C(=O)C=CC1=O)C1CCCCC1. The number of amides is 3. The molecule has 1 aliphatic heterocycles. The first kappa shape index (κ1) is 11.8. The molecule has 2 rings (SSSR count). The van der Waals surface area contributed by atoms with Crippen molar-refractivity contribution < 1.29 is 14.4 Å². The molecule has 0 unspecified atom stereocenters. The van der Waals surface area contributed by atoms with Crippen LogP contribution in [0, 0.1) is 5.92 Å². The van der Waals surface area contributed by atoms with Crippen molar-refractivity contribution in [2.24, 2.45) is 5.92 Å². The van der Waals surface area contributed by atoms with Crippen LogP contribution in [0.5, 0.6) is 0 Å². The number of carbonyl (C=O) groups excluding carboxylic acids is 3. The summed E-state index contributed by atoms with van der Waals surface area (Å²) in [6, 6.07) is 0. The van der Waals surface area contributed by atoms with Gasteiger partial charge in [0, 0.05) is 18.1 Å². The number of nitrogens with zero attached hydrogens (tertiary/aromatic N) is 1. The highest BCUT2D eigenvalue weighted by atomic mass is 16.2. The topological polar surface area (TPSA) is 66.5 Å². The Morgan fingerprint density at radius 3 is 2.35 bits per heavy atom. The summed E-state index contributed by atoms with van der Waals surface area (Å²) in [6.07, 6.45) is 7.61. The first-order valence-electron chi connectivity index (χ1n) is 6.00. The van der Waals surface area contributed by atoms with E-state index in [9.17, 15) is 14.4 Å². The van der Waals surface area contributed by atoms with Gasteiger partial charge in [0.05, 0.1) is 0 Å². The molecule has 17 heavy (non-hydrogen) atoms. The molecule has 0 aromatic carbocycles. The zero-order valence-corrected chi connectivity index (χ0v) is 9.65. The molecular formula is C12H16N2O3. The van der Waals surface area contributed by atoms with E-state index in [4.69, 9.17) is 0 Å². The first-order valence-corrected chi connectivity index (χ1v) is 6.00. The van der Waals surface area contributed by atoms with E-state index < -0.39 is 0 Å². The van der Waals surface area contributed by atoms with Gasteiger partial charge in [-0.15, -0.1) is 0 Å². The van der Waals surface area contributed by atoms with Crippen molar-refractivity contribution in [3.63, 3.8) is 0 Å². The number of hydrogen-bond donors (Lipinski definition) is 1. The lowest BCUT2D eigenvalue weighted by atomic mass is 9.89. The van der Waals surface area contributed by atoms with Gasteiger partial charge in [-0.3, -0.25) is 19.3 Å². The van der Waals surface area contributed by atoms with E-state index >= 15 is 0 Å². The summed E-state index contributed by atoms with van der Waals surface area (Å²) in [5, 5.41) is 2.66. The van der Waals surface area contributed by atoms with Crippen LogP contribution in [0.2, 0.25) is 0 Å². The molecule has 1 heterocycles. The van der Waals surface area contributed by atoms with Gasteiger partial charge in [0.15, 0.2) is 0 Å². The fourth-order valence-corrected chi connectivity index (χ4v) is 2.25. The molecular weight excluding hydrogens is 220 g/mol. The summed E-state index contributed by atoms with van der Waals surface area (Å²) >= 11 is 0. The van der Waals surface area contributed by atoms with E-state index in [2.05, 4.69) is 5.32 Å². The highest BCUT2D eigenvalue weighted by molar-refractivity contribution is 6.12. The number of nitrogens with one attached hydrogen (secondary N) is 1. The smallest absolute Gasteiger partial charge is 0.255 e. The highest BCUT2D eigenvalue weighted by Crippen LogP contribution is 2.23. The van der Waals surface area contributed by atoms with Crippen LogP contribution in [0.3, 0.4) is 0 Å². The summed E-state index contributed by atoms with van der Waals surface area (Å²) in [6.45, 7) is -0.0139. The zero-order chi connectivity index (χ0) is 12.3. The lowest BCUT2D eigenvalue weighted by molar-refractivity contribution is -0.138. The monoisotopic (exact) mass is 236 g/mol. The predicted octanol–water partition coefficient (Wildman–Crippen LogP) is 0.565. The van der Waals surface area contributed by atoms with Crippen LogP contribution in [0.25, 0.3) is 0 Å². The van der Waals surface area contributed by atoms with Gasteiger partial charge in [-0.1, -0.05) is 19.3 Å². The largest absolute Gasteiger partial charge is 0.338 e. The van der Waals surface area contributed by atoms with Gasteiger partial charge in [0.1, 0.15) is 6.67 Å². The molecule has 5 heteroatoms. The lowest BCUT2D eigenvalue weighted by Crippen LogP contribution is -2.43. The maximum absolute atomic E-state index is 11.8. The Balaban J connectivity index is 1.79. The van der Waals surface area contributed by atoms with Gasteiger partial charge in [-0.05, 0) is 12.8 Å². The molecule has 0 radical (unpaired) electrons. The van der Waals surface area contributed by atoms with Gasteiger partial charge < -0.3 is 5.32 Å². The van der Waals surface area contributed by atoms with Crippen LogP contribution in [-0.2, 0) is 14.4 Å². The van der Waals surface area contributed by atoms with E-state index in [1.54, 1.807) is 0 Å². The molecule has 0 aromatic heterocycles. The second-order valence-electron chi connectivity index (χ2n) is 4.47. The Bertz CT molecular complexity index is 352. The van der Waals surface area contributed by atoms with Crippen LogP contribution in [0.15, 0.2) is 12.2 Å². The molecule has 1 saturated carbocycles. The summed E-state index contributed by atoms with van der Waals surface area (Å²) in [5.41, 5.74) is 0. The third-order valence-electron chi connectivity index (χ3n) is 3.29. The molecule has 1 N–H and O–H groups in total. The normalized spacial score (nSPS) is 21.1. The Morgan fingerprint density at radius 1 is 1.18 bits per heavy atom. The molecule has 0 saturated heterocycles. The van der Waals surface area contributed by atoms with E-state index in [-0.39, 0.29) is 30.3 Å². The van der Waals surface area contributed by atoms with Crippen LogP contribution in [0.1, 0.15) is 32.1 Å². The van der Waals surface area contributed by atoms with E-state index in [0.29, 0.717) is 0 Å². The summed E-state index contributed by atoms with van der Waals surface area (Å²) < 4.78 is 0. The van der Waals surface area contributed by atoms with E-state index in [1.807, 2.05) is 0 Å². The third-order valence-corrected chi connectivity index (χ3v) is 3.29. The lowest BCUT2D eigenvalue weighted by Gasteiger charge is -2.22. The van der Waals surface area contributed by atoms with Gasteiger partial charge in [0.2, 0.25) is 5.91 Å². The molecule has 2 aliphatic rings. The van der Waals surface area contributed by atoms with Crippen molar-refractivity contribution in [1.82, 2.24) is 10.2 Å². The molecule has 3 amide bonds. The van der Waals surface area contributed by atoms with E-state index in [0.717, 1.165) is 30.6 Å². The number of carbonyl (C=O) groups is 3. The van der Waals surface area contributed by atoms with Crippen LogP contribution < -0.4 is 5.32 Å². The van der Waals surface area contributed by atoms with Crippen molar-refractivity contribution in [1.29, 1.82) is 0 Å². The summed E-state index contributed by atoms with van der Waals surface area (Å²) in [5.74, 6) is -0.723. The molecule has 0 bridgehead atoms.